The molecule has 2 rings (SSSR count). The molecule has 0 radical (unpaired) electrons. The molecular formula is C16H23N3O3. The first kappa shape index (κ1) is 16.5. The first-order chi connectivity index (χ1) is 10.3. The van der Waals surface area contributed by atoms with Gasteiger partial charge in [-0.2, -0.15) is 5.26 Å². The van der Waals surface area contributed by atoms with Crippen molar-refractivity contribution in [3.63, 3.8) is 0 Å². The molecule has 1 fully saturated rings. The molecule has 1 aliphatic rings. The van der Waals surface area contributed by atoms with Crippen LogP contribution in [0.2, 0.25) is 0 Å². The minimum Gasteiger partial charge on any atom is -0.444 e. The second-order valence-electron chi connectivity index (χ2n) is 5.98. The van der Waals surface area contributed by atoms with Gasteiger partial charge in [-0.05, 0) is 34.6 Å². The SMILES string of the molecule is Cc1oc(NC(=O)[C@H](C)N2C[C@@H](C)O[C@@H](C)C2)c(C#N)c1C. The summed E-state index contributed by atoms with van der Waals surface area (Å²) >= 11 is 0. The number of nitriles is 1. The van der Waals surface area contributed by atoms with Crippen molar-refractivity contribution in [2.45, 2.75) is 52.9 Å². The molecule has 0 aromatic carbocycles. The number of anilines is 1. The van der Waals surface area contributed by atoms with Crippen LogP contribution in [-0.4, -0.2) is 42.1 Å². The number of carbonyl (C=O) groups excluding carboxylic acids is 1. The number of amides is 1. The van der Waals surface area contributed by atoms with E-state index in [1.807, 2.05) is 27.7 Å². The zero-order valence-electron chi connectivity index (χ0n) is 13.8. The number of hydrogen-bond donors (Lipinski definition) is 1. The van der Waals surface area contributed by atoms with Gasteiger partial charge in [-0.25, -0.2) is 0 Å². The molecule has 1 aromatic rings. The second-order valence-corrected chi connectivity index (χ2v) is 5.98. The molecule has 0 aliphatic carbocycles. The number of aryl methyl sites for hydroxylation is 1. The Labute approximate surface area is 131 Å². The van der Waals surface area contributed by atoms with Crippen LogP contribution < -0.4 is 5.32 Å². The zero-order chi connectivity index (χ0) is 16.4. The molecule has 6 heteroatoms. The summed E-state index contributed by atoms with van der Waals surface area (Å²) in [5, 5.41) is 11.9. The number of nitrogens with zero attached hydrogens (tertiary/aromatic N) is 2. The smallest absolute Gasteiger partial charge is 0.243 e. The van der Waals surface area contributed by atoms with E-state index in [1.54, 1.807) is 6.92 Å². The second kappa shape index (κ2) is 6.51. The summed E-state index contributed by atoms with van der Waals surface area (Å²) in [5.41, 5.74) is 1.15. The molecule has 120 valence electrons. The molecule has 1 aliphatic heterocycles. The number of ether oxygens (including phenoxy) is 1. The Morgan fingerprint density at radius 2 is 1.95 bits per heavy atom. The van der Waals surface area contributed by atoms with E-state index < -0.39 is 0 Å². The number of morpholine rings is 1. The monoisotopic (exact) mass is 305 g/mol. The van der Waals surface area contributed by atoms with Crippen molar-refractivity contribution in [3.05, 3.63) is 16.9 Å². The minimum atomic E-state index is -0.314. The zero-order valence-corrected chi connectivity index (χ0v) is 13.8. The predicted octanol–water partition coefficient (Wildman–Crippen LogP) is 2.20. The third-order valence-corrected chi connectivity index (χ3v) is 4.11. The summed E-state index contributed by atoms with van der Waals surface area (Å²) in [6.45, 7) is 10.9. The van der Waals surface area contributed by atoms with Gasteiger partial charge < -0.3 is 9.15 Å². The largest absolute Gasteiger partial charge is 0.444 e. The van der Waals surface area contributed by atoms with Crippen molar-refractivity contribution in [3.8, 4) is 6.07 Å². The van der Waals surface area contributed by atoms with Gasteiger partial charge in [-0.15, -0.1) is 0 Å². The highest BCUT2D eigenvalue weighted by Gasteiger charge is 2.30. The van der Waals surface area contributed by atoms with Crippen LogP contribution in [0.1, 0.15) is 37.7 Å². The van der Waals surface area contributed by atoms with Gasteiger partial charge in [-0.3, -0.25) is 15.0 Å². The fourth-order valence-corrected chi connectivity index (χ4v) is 2.77. The van der Waals surface area contributed by atoms with Gasteiger partial charge in [0.05, 0.1) is 18.2 Å². The predicted molar refractivity (Wildman–Crippen MR) is 82.6 cm³/mol. The molecule has 1 N–H and O–H groups in total. The van der Waals surface area contributed by atoms with Gasteiger partial charge >= 0.3 is 0 Å². The molecule has 22 heavy (non-hydrogen) atoms. The number of nitrogens with one attached hydrogen (secondary N) is 1. The molecule has 0 bridgehead atoms. The van der Waals surface area contributed by atoms with Crippen LogP contribution in [0.5, 0.6) is 0 Å². The number of hydrogen-bond acceptors (Lipinski definition) is 5. The standard InChI is InChI=1S/C16H23N3O3/c1-9-7-19(8-10(2)21-9)12(4)15(20)18-16-14(6-17)11(3)13(5)22-16/h9-10,12H,7-8H2,1-5H3,(H,18,20)/t9-,10+,12-/m0/s1. The van der Waals surface area contributed by atoms with Gasteiger partial charge in [0.2, 0.25) is 11.8 Å². The fraction of sp³-hybridized carbons (Fsp3) is 0.625. The summed E-state index contributed by atoms with van der Waals surface area (Å²) in [6.07, 6.45) is 0.198. The lowest BCUT2D eigenvalue weighted by Crippen LogP contribution is -2.52. The van der Waals surface area contributed by atoms with E-state index in [4.69, 9.17) is 9.15 Å². The molecule has 0 saturated carbocycles. The van der Waals surface area contributed by atoms with E-state index in [1.165, 1.54) is 0 Å². The Balaban J connectivity index is 2.09. The Hall–Kier alpha value is -1.84. The van der Waals surface area contributed by atoms with Crippen LogP contribution >= 0.6 is 0 Å². The Bertz CT molecular complexity index is 593. The van der Waals surface area contributed by atoms with E-state index in [-0.39, 0.29) is 30.0 Å². The Morgan fingerprint density at radius 3 is 2.50 bits per heavy atom. The van der Waals surface area contributed by atoms with Crippen LogP contribution in [-0.2, 0) is 9.53 Å². The fourth-order valence-electron chi connectivity index (χ4n) is 2.77. The summed E-state index contributed by atoms with van der Waals surface area (Å²) < 4.78 is 11.2. The van der Waals surface area contributed by atoms with E-state index in [9.17, 15) is 10.1 Å². The highest BCUT2D eigenvalue weighted by Crippen LogP contribution is 2.25. The minimum absolute atomic E-state index is 0.0989. The van der Waals surface area contributed by atoms with Crippen LogP contribution in [0.15, 0.2) is 4.42 Å². The van der Waals surface area contributed by atoms with Crippen molar-refractivity contribution in [1.82, 2.24) is 4.90 Å². The molecule has 0 spiro atoms. The van der Waals surface area contributed by atoms with Gasteiger partial charge in [0, 0.05) is 18.7 Å². The van der Waals surface area contributed by atoms with Gasteiger partial charge in [0.1, 0.15) is 17.4 Å². The lowest BCUT2D eigenvalue weighted by atomic mass is 10.1. The van der Waals surface area contributed by atoms with Gasteiger partial charge in [0.15, 0.2) is 0 Å². The maximum Gasteiger partial charge on any atom is 0.243 e. The van der Waals surface area contributed by atoms with Crippen molar-refractivity contribution < 1.29 is 13.9 Å². The molecule has 2 heterocycles. The molecule has 1 aromatic heterocycles. The highest BCUT2D eigenvalue weighted by molar-refractivity contribution is 5.94. The topological polar surface area (TPSA) is 78.5 Å². The summed E-state index contributed by atoms with van der Waals surface area (Å²) in [4.78, 5) is 14.5. The number of rotatable bonds is 3. The molecule has 3 atom stereocenters. The maximum absolute atomic E-state index is 12.5. The van der Waals surface area contributed by atoms with E-state index in [0.29, 0.717) is 24.4 Å². The van der Waals surface area contributed by atoms with Crippen molar-refractivity contribution in [1.29, 1.82) is 5.26 Å². The van der Waals surface area contributed by atoms with Crippen LogP contribution in [0.4, 0.5) is 5.88 Å². The first-order valence-electron chi connectivity index (χ1n) is 7.54. The van der Waals surface area contributed by atoms with E-state index in [2.05, 4.69) is 16.3 Å². The highest BCUT2D eigenvalue weighted by atomic mass is 16.5. The van der Waals surface area contributed by atoms with Gasteiger partial charge in [0.25, 0.3) is 0 Å². The Kier molecular flexibility index (Phi) is 4.89. The van der Waals surface area contributed by atoms with E-state index in [0.717, 1.165) is 5.56 Å². The van der Waals surface area contributed by atoms with Crippen LogP contribution in [0, 0.1) is 25.2 Å². The number of furan rings is 1. The van der Waals surface area contributed by atoms with Crippen molar-refractivity contribution in [2.24, 2.45) is 0 Å². The molecule has 1 saturated heterocycles. The lowest BCUT2D eigenvalue weighted by molar-refractivity contribution is -0.127. The lowest BCUT2D eigenvalue weighted by Gasteiger charge is -2.38. The number of carbonyl (C=O) groups is 1. The quantitative estimate of drug-likeness (QED) is 0.926. The van der Waals surface area contributed by atoms with Crippen molar-refractivity contribution >= 4 is 11.8 Å². The average molecular weight is 305 g/mol. The third-order valence-electron chi connectivity index (χ3n) is 4.11. The molecule has 1 amide bonds. The Morgan fingerprint density at radius 1 is 1.36 bits per heavy atom. The summed E-state index contributed by atoms with van der Waals surface area (Å²) in [7, 11) is 0. The maximum atomic E-state index is 12.5. The average Bonchev–Trinajstić information content (AvgIpc) is 2.71. The first-order valence-corrected chi connectivity index (χ1v) is 7.54. The normalized spacial score (nSPS) is 23.8. The molecule has 0 unspecified atom stereocenters. The molecular weight excluding hydrogens is 282 g/mol. The molecule has 6 nitrogen and oxygen atoms in total. The summed E-state index contributed by atoms with van der Waals surface area (Å²) in [6, 6.07) is 1.77. The van der Waals surface area contributed by atoms with Crippen LogP contribution in [0.25, 0.3) is 0 Å². The van der Waals surface area contributed by atoms with Crippen LogP contribution in [0.3, 0.4) is 0 Å². The van der Waals surface area contributed by atoms with Crippen molar-refractivity contribution in [2.75, 3.05) is 18.4 Å². The van der Waals surface area contributed by atoms with Gasteiger partial charge in [-0.1, -0.05) is 0 Å². The third kappa shape index (κ3) is 3.32. The summed E-state index contributed by atoms with van der Waals surface area (Å²) in [5.74, 6) is 0.711. The van der Waals surface area contributed by atoms with E-state index >= 15 is 0 Å².